The summed E-state index contributed by atoms with van der Waals surface area (Å²) in [5.74, 6) is -1.60. The maximum absolute atomic E-state index is 13.4. The van der Waals surface area contributed by atoms with Crippen LogP contribution < -0.4 is 4.90 Å². The summed E-state index contributed by atoms with van der Waals surface area (Å²) in [6.45, 7) is 10.2. The molecule has 0 spiro atoms. The minimum Gasteiger partial charge on any atom is -0.507 e. The Kier molecular flexibility index (Phi) is 6.13. The molecule has 1 atom stereocenters. The molecule has 1 saturated heterocycles. The second-order valence-corrected chi connectivity index (χ2v) is 10.3. The number of halogens is 1. The van der Waals surface area contributed by atoms with E-state index in [1.807, 2.05) is 56.3 Å². The van der Waals surface area contributed by atoms with Gasteiger partial charge in [-0.3, -0.25) is 14.5 Å². The van der Waals surface area contributed by atoms with Crippen molar-refractivity contribution in [3.8, 4) is 0 Å². The van der Waals surface area contributed by atoms with Crippen LogP contribution in [0.2, 0.25) is 5.02 Å². The van der Waals surface area contributed by atoms with E-state index in [4.69, 9.17) is 11.6 Å². The van der Waals surface area contributed by atoms with Crippen molar-refractivity contribution >= 4 is 34.7 Å². The van der Waals surface area contributed by atoms with Crippen molar-refractivity contribution in [1.82, 2.24) is 0 Å². The van der Waals surface area contributed by atoms with Crippen LogP contribution in [0.1, 0.15) is 54.6 Å². The van der Waals surface area contributed by atoms with Gasteiger partial charge in [0.2, 0.25) is 0 Å². The zero-order valence-electron chi connectivity index (χ0n) is 20.0. The van der Waals surface area contributed by atoms with Gasteiger partial charge in [0.1, 0.15) is 5.76 Å². The van der Waals surface area contributed by atoms with Gasteiger partial charge in [0, 0.05) is 16.3 Å². The molecule has 1 aliphatic rings. The van der Waals surface area contributed by atoms with Crippen LogP contribution in [0.5, 0.6) is 0 Å². The lowest BCUT2D eigenvalue weighted by atomic mass is 9.85. The minimum absolute atomic E-state index is 0.0498. The van der Waals surface area contributed by atoms with Gasteiger partial charge in [-0.2, -0.15) is 0 Å². The Bertz CT molecular complexity index is 1300. The fourth-order valence-corrected chi connectivity index (χ4v) is 4.44. The highest BCUT2D eigenvalue weighted by molar-refractivity contribution is 6.52. The molecule has 34 heavy (non-hydrogen) atoms. The third-order valence-corrected chi connectivity index (χ3v) is 6.53. The van der Waals surface area contributed by atoms with E-state index in [2.05, 4.69) is 20.8 Å². The Morgan fingerprint density at radius 2 is 1.53 bits per heavy atom. The Hall–Kier alpha value is -3.37. The van der Waals surface area contributed by atoms with E-state index >= 15 is 0 Å². The van der Waals surface area contributed by atoms with Crippen LogP contribution in [0.15, 0.2) is 72.3 Å². The number of ketones is 1. The summed E-state index contributed by atoms with van der Waals surface area (Å²) in [6.07, 6.45) is 0. The van der Waals surface area contributed by atoms with Crippen LogP contribution >= 0.6 is 11.6 Å². The molecule has 1 unspecified atom stereocenters. The molecule has 0 aromatic heterocycles. The van der Waals surface area contributed by atoms with Crippen LogP contribution in [-0.2, 0) is 15.0 Å². The van der Waals surface area contributed by atoms with E-state index in [0.717, 1.165) is 22.3 Å². The molecular weight excluding hydrogens is 446 g/mol. The highest BCUT2D eigenvalue weighted by atomic mass is 35.5. The number of hydrogen-bond acceptors (Lipinski definition) is 3. The first-order chi connectivity index (χ1) is 16.0. The highest BCUT2D eigenvalue weighted by Crippen LogP contribution is 2.44. The average Bonchev–Trinajstić information content (AvgIpc) is 3.05. The molecule has 1 fully saturated rings. The first-order valence-corrected chi connectivity index (χ1v) is 11.6. The molecule has 0 saturated carbocycles. The molecule has 1 heterocycles. The van der Waals surface area contributed by atoms with Gasteiger partial charge in [-0.25, -0.2) is 0 Å². The fourth-order valence-electron chi connectivity index (χ4n) is 4.27. The number of aryl methyl sites for hydroxylation is 2. The number of carbonyl (C=O) groups excluding carboxylic acids is 2. The van der Waals surface area contributed by atoms with Gasteiger partial charge in [0.05, 0.1) is 11.6 Å². The number of Topliss-reactive ketones (excluding diaryl/α,β-unsaturated/α-hetero) is 1. The predicted octanol–water partition coefficient (Wildman–Crippen LogP) is 6.88. The van der Waals surface area contributed by atoms with Gasteiger partial charge in [0.15, 0.2) is 0 Å². The molecule has 0 aliphatic carbocycles. The van der Waals surface area contributed by atoms with E-state index in [1.54, 1.807) is 24.3 Å². The molecule has 1 N–H and O–H groups in total. The Labute approximate surface area is 205 Å². The third kappa shape index (κ3) is 4.26. The number of benzene rings is 3. The van der Waals surface area contributed by atoms with Crippen molar-refractivity contribution in [1.29, 1.82) is 0 Å². The molecule has 4 rings (SSSR count). The smallest absolute Gasteiger partial charge is 0.300 e. The van der Waals surface area contributed by atoms with Gasteiger partial charge in [-0.1, -0.05) is 92.5 Å². The number of anilines is 1. The average molecular weight is 474 g/mol. The van der Waals surface area contributed by atoms with Crippen molar-refractivity contribution in [2.75, 3.05) is 4.90 Å². The summed E-state index contributed by atoms with van der Waals surface area (Å²) in [5, 5.41) is 11.7. The number of aliphatic hydroxyl groups is 1. The summed E-state index contributed by atoms with van der Waals surface area (Å²) in [5.41, 5.74) is 4.75. The molecular formula is C29H28ClNO3. The summed E-state index contributed by atoms with van der Waals surface area (Å²) in [7, 11) is 0. The Morgan fingerprint density at radius 3 is 2.12 bits per heavy atom. The summed E-state index contributed by atoms with van der Waals surface area (Å²) < 4.78 is 0. The van der Waals surface area contributed by atoms with E-state index in [1.165, 1.54) is 4.90 Å². The number of nitrogens with zero attached hydrogens (tertiary/aromatic N) is 1. The van der Waals surface area contributed by atoms with Gasteiger partial charge in [0.25, 0.3) is 11.7 Å². The highest BCUT2D eigenvalue weighted by Gasteiger charge is 2.47. The van der Waals surface area contributed by atoms with Crippen LogP contribution in [0.4, 0.5) is 5.69 Å². The van der Waals surface area contributed by atoms with Crippen LogP contribution in [0.25, 0.3) is 5.76 Å². The van der Waals surface area contributed by atoms with Crippen molar-refractivity contribution in [3.05, 3.63) is 105 Å². The zero-order chi connectivity index (χ0) is 24.8. The summed E-state index contributed by atoms with van der Waals surface area (Å²) in [6, 6.07) is 19.5. The van der Waals surface area contributed by atoms with Crippen molar-refractivity contribution < 1.29 is 14.7 Å². The monoisotopic (exact) mass is 473 g/mol. The SMILES string of the molecule is Cc1ccc(/C(O)=C2\C(=O)C(=O)N(c3cc(Cl)ccc3C)C2c2ccc(C(C)(C)C)cc2)cc1. The second kappa shape index (κ2) is 8.77. The number of aliphatic hydroxyl groups excluding tert-OH is 1. The van der Waals surface area contributed by atoms with Gasteiger partial charge >= 0.3 is 0 Å². The lowest BCUT2D eigenvalue weighted by molar-refractivity contribution is -0.132. The molecule has 3 aromatic rings. The van der Waals surface area contributed by atoms with Gasteiger partial charge in [-0.05, 0) is 48.1 Å². The van der Waals surface area contributed by atoms with E-state index in [0.29, 0.717) is 16.3 Å². The first kappa shape index (κ1) is 23.8. The van der Waals surface area contributed by atoms with Crippen molar-refractivity contribution in [2.45, 2.75) is 46.1 Å². The molecule has 1 amide bonds. The zero-order valence-corrected chi connectivity index (χ0v) is 20.8. The molecule has 0 bridgehead atoms. The van der Waals surface area contributed by atoms with E-state index in [-0.39, 0.29) is 16.7 Å². The van der Waals surface area contributed by atoms with Crippen molar-refractivity contribution in [2.24, 2.45) is 0 Å². The third-order valence-electron chi connectivity index (χ3n) is 6.29. The first-order valence-electron chi connectivity index (χ1n) is 11.2. The van der Waals surface area contributed by atoms with Crippen LogP contribution in [0.3, 0.4) is 0 Å². The maximum Gasteiger partial charge on any atom is 0.300 e. The predicted molar refractivity (Wildman–Crippen MR) is 137 cm³/mol. The largest absolute Gasteiger partial charge is 0.507 e. The quantitative estimate of drug-likeness (QED) is 0.256. The topological polar surface area (TPSA) is 57.6 Å². The minimum atomic E-state index is -0.785. The summed E-state index contributed by atoms with van der Waals surface area (Å²) in [4.78, 5) is 28.2. The molecule has 5 heteroatoms. The van der Waals surface area contributed by atoms with Gasteiger partial charge in [-0.15, -0.1) is 0 Å². The normalized spacial score (nSPS) is 17.9. The standard InChI is InChI=1S/C29H28ClNO3/c1-17-6-9-20(10-7-17)26(32)24-25(19-11-13-21(14-12-19)29(3,4)5)31(28(34)27(24)33)23-16-22(30)15-8-18(23)2/h6-16,25,32H,1-5H3/b26-24+. The molecule has 4 nitrogen and oxygen atoms in total. The van der Waals surface area contributed by atoms with Gasteiger partial charge < -0.3 is 5.11 Å². The fraction of sp³-hybridized carbons (Fsp3) is 0.241. The number of hydrogen-bond donors (Lipinski definition) is 1. The number of rotatable bonds is 3. The number of carbonyl (C=O) groups is 2. The lowest BCUT2D eigenvalue weighted by Gasteiger charge is -2.28. The molecule has 1 aliphatic heterocycles. The Balaban J connectivity index is 1.96. The molecule has 0 radical (unpaired) electrons. The maximum atomic E-state index is 13.4. The van der Waals surface area contributed by atoms with Crippen LogP contribution in [0, 0.1) is 13.8 Å². The van der Waals surface area contributed by atoms with E-state index in [9.17, 15) is 14.7 Å². The molecule has 3 aromatic carbocycles. The number of amides is 1. The second-order valence-electron chi connectivity index (χ2n) is 9.84. The Morgan fingerprint density at radius 1 is 0.912 bits per heavy atom. The lowest BCUT2D eigenvalue weighted by Crippen LogP contribution is -2.30. The van der Waals surface area contributed by atoms with Crippen LogP contribution in [-0.4, -0.2) is 16.8 Å². The van der Waals surface area contributed by atoms with Crippen molar-refractivity contribution in [3.63, 3.8) is 0 Å². The van der Waals surface area contributed by atoms with E-state index < -0.39 is 17.7 Å². The molecule has 174 valence electrons. The summed E-state index contributed by atoms with van der Waals surface area (Å²) >= 11 is 6.27.